The Morgan fingerprint density at radius 3 is 2.39 bits per heavy atom. The van der Waals surface area contributed by atoms with Crippen molar-refractivity contribution in [2.75, 3.05) is 43.9 Å². The van der Waals surface area contributed by atoms with Gasteiger partial charge in [-0.3, -0.25) is 14.7 Å². The number of benzene rings is 2. The second kappa shape index (κ2) is 11.1. The summed E-state index contributed by atoms with van der Waals surface area (Å²) in [6.45, 7) is 9.20. The molecule has 190 valence electrons. The fraction of sp³-hybridized carbons (Fsp3) is 0.333. The molecule has 3 aromatic rings. The van der Waals surface area contributed by atoms with Gasteiger partial charge in [-0.1, -0.05) is 18.2 Å². The lowest BCUT2D eigenvalue weighted by Gasteiger charge is -2.36. The van der Waals surface area contributed by atoms with Gasteiger partial charge in [-0.25, -0.2) is 13.1 Å². The van der Waals surface area contributed by atoms with Gasteiger partial charge in [0, 0.05) is 55.7 Å². The van der Waals surface area contributed by atoms with Gasteiger partial charge in [0.2, 0.25) is 10.0 Å². The van der Waals surface area contributed by atoms with Crippen LogP contribution < -0.4 is 14.4 Å². The number of piperazine rings is 1. The molecule has 9 heteroatoms. The van der Waals surface area contributed by atoms with E-state index in [0.717, 1.165) is 61.5 Å². The van der Waals surface area contributed by atoms with Gasteiger partial charge in [-0.15, -0.1) is 0 Å². The topological polar surface area (TPSA) is 91.8 Å². The molecule has 0 unspecified atom stereocenters. The van der Waals surface area contributed by atoms with Crippen LogP contribution in [-0.4, -0.2) is 63.3 Å². The molecule has 1 aliphatic heterocycles. The SMILES string of the molecule is CCOc1cncc(-c2ccc(CN3CCN(c4ccc(C(=O)NS(C)(=O)=O)cc4)CC3)cc2C)c1. The van der Waals surface area contributed by atoms with E-state index in [1.807, 2.05) is 36.0 Å². The highest BCUT2D eigenvalue weighted by Gasteiger charge is 2.19. The normalized spacial score (nSPS) is 14.5. The van der Waals surface area contributed by atoms with Crippen LogP contribution in [0.4, 0.5) is 5.69 Å². The third-order valence-corrected chi connectivity index (χ3v) is 6.73. The number of ether oxygens (including phenoxy) is 1. The summed E-state index contributed by atoms with van der Waals surface area (Å²) in [6.07, 6.45) is 4.57. The molecule has 0 spiro atoms. The number of hydrogen-bond acceptors (Lipinski definition) is 7. The zero-order valence-electron chi connectivity index (χ0n) is 20.9. The van der Waals surface area contributed by atoms with Gasteiger partial charge in [0.25, 0.3) is 5.91 Å². The van der Waals surface area contributed by atoms with Gasteiger partial charge in [0.05, 0.1) is 19.1 Å². The number of hydrogen-bond donors (Lipinski definition) is 1. The monoisotopic (exact) mass is 508 g/mol. The highest BCUT2D eigenvalue weighted by Crippen LogP contribution is 2.27. The van der Waals surface area contributed by atoms with E-state index in [9.17, 15) is 13.2 Å². The standard InChI is InChI=1S/C27H32N4O4S/c1-4-35-25-16-23(17-28-18-25)26-10-5-21(15-20(26)2)19-30-11-13-31(14-12-30)24-8-6-22(7-9-24)27(32)29-36(3,33)34/h5-10,15-18H,4,11-14,19H2,1-3H3,(H,29,32). The Morgan fingerprint density at radius 1 is 1.03 bits per heavy atom. The van der Waals surface area contributed by atoms with Crippen molar-refractivity contribution in [3.05, 3.63) is 77.6 Å². The predicted molar refractivity (Wildman–Crippen MR) is 142 cm³/mol. The van der Waals surface area contributed by atoms with Crippen molar-refractivity contribution in [3.63, 3.8) is 0 Å². The van der Waals surface area contributed by atoms with E-state index in [-0.39, 0.29) is 0 Å². The molecule has 36 heavy (non-hydrogen) atoms. The summed E-state index contributed by atoms with van der Waals surface area (Å²) in [5, 5.41) is 0. The maximum Gasteiger partial charge on any atom is 0.264 e. The lowest BCUT2D eigenvalue weighted by atomic mass is 9.99. The van der Waals surface area contributed by atoms with Crippen LogP contribution in [0, 0.1) is 6.92 Å². The first-order chi connectivity index (χ1) is 17.2. The average Bonchev–Trinajstić information content (AvgIpc) is 2.84. The average molecular weight is 509 g/mol. The van der Waals surface area contributed by atoms with Crippen molar-refractivity contribution in [1.29, 1.82) is 0 Å². The lowest BCUT2D eigenvalue weighted by molar-refractivity contribution is 0.0981. The fourth-order valence-electron chi connectivity index (χ4n) is 4.43. The molecule has 1 amide bonds. The minimum absolute atomic E-state index is 0.321. The number of carbonyl (C=O) groups excluding carboxylic acids is 1. The molecule has 1 fully saturated rings. The van der Waals surface area contributed by atoms with Gasteiger partial charge in [-0.05, 0) is 60.9 Å². The highest BCUT2D eigenvalue weighted by atomic mass is 32.2. The lowest BCUT2D eigenvalue weighted by Crippen LogP contribution is -2.46. The maximum absolute atomic E-state index is 12.0. The number of sulfonamides is 1. The minimum Gasteiger partial charge on any atom is -0.492 e. The Kier molecular flexibility index (Phi) is 7.91. The predicted octanol–water partition coefficient (Wildman–Crippen LogP) is 3.47. The van der Waals surface area contributed by atoms with Crippen molar-refractivity contribution in [2.45, 2.75) is 20.4 Å². The van der Waals surface area contributed by atoms with Gasteiger partial charge < -0.3 is 9.64 Å². The smallest absolute Gasteiger partial charge is 0.264 e. The summed E-state index contributed by atoms with van der Waals surface area (Å²) in [5.41, 5.74) is 6.04. The number of nitrogens with one attached hydrogen (secondary N) is 1. The van der Waals surface area contributed by atoms with E-state index < -0.39 is 15.9 Å². The van der Waals surface area contributed by atoms with Crippen molar-refractivity contribution in [1.82, 2.24) is 14.6 Å². The molecular weight excluding hydrogens is 476 g/mol. The van der Waals surface area contributed by atoms with Crippen LogP contribution in [0.3, 0.4) is 0 Å². The summed E-state index contributed by atoms with van der Waals surface area (Å²) >= 11 is 0. The molecule has 1 aromatic heterocycles. The largest absolute Gasteiger partial charge is 0.492 e. The molecule has 0 bridgehead atoms. The molecule has 1 N–H and O–H groups in total. The molecule has 4 rings (SSSR count). The fourth-order valence-corrected chi connectivity index (χ4v) is 4.89. The first kappa shape index (κ1) is 25.7. The first-order valence-electron chi connectivity index (χ1n) is 12.0. The molecule has 2 heterocycles. The van der Waals surface area contributed by atoms with Crippen molar-refractivity contribution < 1.29 is 17.9 Å². The molecule has 1 saturated heterocycles. The van der Waals surface area contributed by atoms with Gasteiger partial charge in [0.1, 0.15) is 5.75 Å². The summed E-state index contributed by atoms with van der Waals surface area (Å²) in [7, 11) is -3.58. The molecule has 0 atom stereocenters. The summed E-state index contributed by atoms with van der Waals surface area (Å²) < 4.78 is 30.1. The van der Waals surface area contributed by atoms with Crippen LogP contribution in [0.1, 0.15) is 28.4 Å². The highest BCUT2D eigenvalue weighted by molar-refractivity contribution is 7.89. The van der Waals surface area contributed by atoms with Gasteiger partial charge in [-0.2, -0.15) is 0 Å². The molecule has 1 aliphatic rings. The number of anilines is 1. The van der Waals surface area contributed by atoms with Crippen molar-refractivity contribution in [3.8, 4) is 16.9 Å². The van der Waals surface area contributed by atoms with Crippen LogP contribution in [0.5, 0.6) is 5.75 Å². The zero-order chi connectivity index (χ0) is 25.7. The number of aryl methyl sites for hydroxylation is 1. The van der Waals surface area contributed by atoms with E-state index in [1.54, 1.807) is 18.3 Å². The third-order valence-electron chi connectivity index (χ3n) is 6.18. The van der Waals surface area contributed by atoms with E-state index in [1.165, 1.54) is 11.1 Å². The van der Waals surface area contributed by atoms with Gasteiger partial charge >= 0.3 is 0 Å². The number of aromatic nitrogens is 1. The molecule has 0 saturated carbocycles. The number of amides is 1. The number of carbonyl (C=O) groups is 1. The maximum atomic E-state index is 12.0. The molecule has 0 radical (unpaired) electrons. The zero-order valence-corrected chi connectivity index (χ0v) is 21.7. The third kappa shape index (κ3) is 6.61. The van der Waals surface area contributed by atoms with E-state index in [2.05, 4.69) is 39.9 Å². The minimum atomic E-state index is -3.58. The van der Waals surface area contributed by atoms with Crippen LogP contribution in [0.2, 0.25) is 0 Å². The van der Waals surface area contributed by atoms with Crippen LogP contribution >= 0.6 is 0 Å². The summed E-state index contributed by atoms with van der Waals surface area (Å²) in [4.78, 5) is 21.0. The van der Waals surface area contributed by atoms with Crippen molar-refractivity contribution in [2.24, 2.45) is 0 Å². The van der Waals surface area contributed by atoms with Crippen molar-refractivity contribution >= 4 is 21.6 Å². The Labute approximate surface area is 213 Å². The molecule has 2 aromatic carbocycles. The first-order valence-corrected chi connectivity index (χ1v) is 13.9. The number of rotatable bonds is 8. The van der Waals surface area contributed by atoms with Gasteiger partial charge in [0.15, 0.2) is 0 Å². The number of nitrogens with zero attached hydrogens (tertiary/aromatic N) is 3. The van der Waals surface area contributed by atoms with Crippen LogP contribution in [0.25, 0.3) is 11.1 Å². The number of pyridine rings is 1. The van der Waals surface area contributed by atoms with E-state index >= 15 is 0 Å². The second-order valence-corrected chi connectivity index (χ2v) is 10.8. The van der Waals surface area contributed by atoms with E-state index in [4.69, 9.17) is 4.74 Å². The molecule has 8 nitrogen and oxygen atoms in total. The van der Waals surface area contributed by atoms with Crippen LogP contribution in [-0.2, 0) is 16.6 Å². The van der Waals surface area contributed by atoms with E-state index in [0.29, 0.717) is 12.2 Å². The quantitative estimate of drug-likeness (QED) is 0.498. The molecule has 0 aliphatic carbocycles. The second-order valence-electron chi connectivity index (χ2n) is 9.01. The Morgan fingerprint density at radius 2 is 1.75 bits per heavy atom. The Bertz CT molecular complexity index is 1320. The Hall–Kier alpha value is -3.43. The Balaban J connectivity index is 1.33. The van der Waals surface area contributed by atoms with Crippen LogP contribution in [0.15, 0.2) is 60.9 Å². The summed E-state index contributed by atoms with van der Waals surface area (Å²) in [5.74, 6) is 0.164. The summed E-state index contributed by atoms with van der Waals surface area (Å²) in [6, 6.07) is 15.7. The molecular formula is C27H32N4O4S.